The smallest absolute Gasteiger partial charge is 0.326 e. The van der Waals surface area contributed by atoms with E-state index < -0.39 is 47.9 Å². The standard InChI is InChI=1S/C28H40N10O5S/c1-44-10-8-22(27(42)43)37-25(40)21(7-4-9-33-28(30)31)36-26(41)23(11-16-13-34-20-6-3-2-5-18(16)20)38-24(39)19(29)12-17-14-32-15-35-17/h2-3,5-6,13-15,19,21-23,34H,4,7-12,29H2,1H3,(H,32,35)(H,36,41)(H,37,40)(H,38,39)(H,42,43)(H4,30,31,33). The molecule has 0 fully saturated rings. The molecule has 16 heteroatoms. The van der Waals surface area contributed by atoms with E-state index in [1.54, 1.807) is 12.4 Å². The molecule has 0 aliphatic carbocycles. The third-order valence-electron chi connectivity index (χ3n) is 6.87. The fourth-order valence-electron chi connectivity index (χ4n) is 4.54. The maximum atomic E-state index is 13.8. The van der Waals surface area contributed by atoms with Crippen molar-refractivity contribution in [3.8, 4) is 0 Å². The van der Waals surface area contributed by atoms with Crippen molar-refractivity contribution in [2.45, 2.75) is 56.3 Å². The maximum absolute atomic E-state index is 13.8. The number of aliphatic carboxylic acids is 1. The van der Waals surface area contributed by atoms with Gasteiger partial charge in [-0.1, -0.05) is 18.2 Å². The largest absolute Gasteiger partial charge is 0.480 e. The SMILES string of the molecule is CSCCC(NC(=O)C(CCCN=C(N)N)NC(=O)C(Cc1c[nH]c2ccccc12)NC(=O)C(N)Cc1cnc[nH]1)C(=O)O. The maximum Gasteiger partial charge on any atom is 0.326 e. The lowest BCUT2D eigenvalue weighted by molar-refractivity contribution is -0.142. The fourth-order valence-corrected chi connectivity index (χ4v) is 5.02. The van der Waals surface area contributed by atoms with Crippen LogP contribution in [0.5, 0.6) is 0 Å². The molecular formula is C28H40N10O5S. The zero-order valence-corrected chi connectivity index (χ0v) is 25.2. The number of nitrogens with zero attached hydrogens (tertiary/aromatic N) is 2. The number of carbonyl (C=O) groups is 4. The van der Waals surface area contributed by atoms with Gasteiger partial charge < -0.3 is 48.2 Å². The Bertz CT molecular complexity index is 1420. The Morgan fingerprint density at radius 3 is 2.36 bits per heavy atom. The van der Waals surface area contributed by atoms with Gasteiger partial charge in [-0.05, 0) is 42.9 Å². The number of para-hydroxylation sites is 1. The number of fused-ring (bicyclic) bond motifs is 1. The third kappa shape index (κ3) is 10.3. The number of carboxylic acids is 1. The first kappa shape index (κ1) is 33.9. The van der Waals surface area contributed by atoms with E-state index in [4.69, 9.17) is 17.2 Å². The average molecular weight is 629 g/mol. The van der Waals surface area contributed by atoms with Crippen molar-refractivity contribution >= 4 is 52.3 Å². The monoisotopic (exact) mass is 628 g/mol. The summed E-state index contributed by atoms with van der Waals surface area (Å²) in [5.74, 6) is -2.69. The van der Waals surface area contributed by atoms with Crippen LogP contribution >= 0.6 is 11.8 Å². The normalized spacial score (nSPS) is 13.8. The molecule has 0 spiro atoms. The Morgan fingerprint density at radius 1 is 0.977 bits per heavy atom. The molecule has 0 bridgehead atoms. The number of aliphatic imine (C=N–C) groups is 1. The summed E-state index contributed by atoms with van der Waals surface area (Å²) < 4.78 is 0. The van der Waals surface area contributed by atoms with Crippen LogP contribution in [0.2, 0.25) is 0 Å². The number of nitrogens with two attached hydrogens (primary N) is 3. The van der Waals surface area contributed by atoms with Gasteiger partial charge in [-0.2, -0.15) is 11.8 Å². The molecule has 2 heterocycles. The van der Waals surface area contributed by atoms with Crippen LogP contribution in [0, 0.1) is 0 Å². The average Bonchev–Trinajstić information content (AvgIpc) is 3.66. The number of carboxylic acid groups (broad SMARTS) is 1. The topological polar surface area (TPSA) is 259 Å². The first-order chi connectivity index (χ1) is 21.1. The van der Waals surface area contributed by atoms with E-state index >= 15 is 0 Å². The van der Waals surface area contributed by atoms with Gasteiger partial charge >= 0.3 is 5.97 Å². The van der Waals surface area contributed by atoms with E-state index in [1.807, 2.05) is 30.5 Å². The van der Waals surface area contributed by atoms with Gasteiger partial charge in [0.1, 0.15) is 18.1 Å². The summed E-state index contributed by atoms with van der Waals surface area (Å²) in [7, 11) is 0. The quantitative estimate of drug-likeness (QED) is 0.0488. The number of aromatic nitrogens is 3. The van der Waals surface area contributed by atoms with Crippen LogP contribution in [0.15, 0.2) is 48.0 Å². The lowest BCUT2D eigenvalue weighted by atomic mass is 10.0. The highest BCUT2D eigenvalue weighted by Crippen LogP contribution is 2.19. The summed E-state index contributed by atoms with van der Waals surface area (Å²) in [6, 6.07) is 3.14. The molecule has 2 aromatic heterocycles. The number of imidazole rings is 1. The van der Waals surface area contributed by atoms with Crippen molar-refractivity contribution in [2.24, 2.45) is 22.2 Å². The number of amides is 3. The molecule has 0 aliphatic rings. The highest BCUT2D eigenvalue weighted by atomic mass is 32.2. The lowest BCUT2D eigenvalue weighted by Crippen LogP contribution is -2.57. The first-order valence-electron chi connectivity index (χ1n) is 14.0. The van der Waals surface area contributed by atoms with Gasteiger partial charge in [0, 0.05) is 48.4 Å². The van der Waals surface area contributed by atoms with Gasteiger partial charge in [0.2, 0.25) is 17.7 Å². The number of H-pyrrole nitrogens is 2. The van der Waals surface area contributed by atoms with E-state index in [0.717, 1.165) is 16.5 Å². The Morgan fingerprint density at radius 2 is 1.68 bits per heavy atom. The van der Waals surface area contributed by atoms with Crippen molar-refractivity contribution in [1.29, 1.82) is 0 Å². The highest BCUT2D eigenvalue weighted by Gasteiger charge is 2.31. The molecule has 15 nitrogen and oxygen atoms in total. The van der Waals surface area contributed by atoms with Crippen molar-refractivity contribution in [3.05, 3.63) is 54.2 Å². The van der Waals surface area contributed by atoms with Crippen LogP contribution in [0.4, 0.5) is 0 Å². The zero-order chi connectivity index (χ0) is 32.1. The zero-order valence-electron chi connectivity index (χ0n) is 24.4. The van der Waals surface area contributed by atoms with Gasteiger partial charge in [0.15, 0.2) is 5.96 Å². The van der Waals surface area contributed by atoms with Crippen LogP contribution in [0.25, 0.3) is 10.9 Å². The molecule has 12 N–H and O–H groups in total. The summed E-state index contributed by atoms with van der Waals surface area (Å²) in [5, 5.41) is 18.5. The number of aromatic amines is 2. The van der Waals surface area contributed by atoms with Gasteiger partial charge in [0.25, 0.3) is 0 Å². The second-order valence-electron chi connectivity index (χ2n) is 10.2. The molecule has 0 aliphatic heterocycles. The number of carbonyl (C=O) groups excluding carboxylic acids is 3. The van der Waals surface area contributed by atoms with Crippen LogP contribution in [-0.4, -0.2) is 92.4 Å². The molecule has 0 saturated carbocycles. The summed E-state index contributed by atoms with van der Waals surface area (Å²) in [4.78, 5) is 65.9. The second-order valence-corrected chi connectivity index (χ2v) is 11.2. The number of guanidine groups is 1. The first-order valence-corrected chi connectivity index (χ1v) is 15.4. The Balaban J connectivity index is 1.83. The number of hydrogen-bond donors (Lipinski definition) is 9. The third-order valence-corrected chi connectivity index (χ3v) is 7.51. The highest BCUT2D eigenvalue weighted by molar-refractivity contribution is 7.98. The molecule has 4 unspecified atom stereocenters. The van der Waals surface area contributed by atoms with Crippen molar-refractivity contribution in [3.63, 3.8) is 0 Å². The van der Waals surface area contributed by atoms with E-state index in [0.29, 0.717) is 17.9 Å². The molecular weight excluding hydrogens is 588 g/mol. The van der Waals surface area contributed by atoms with Crippen molar-refractivity contribution < 1.29 is 24.3 Å². The molecule has 1 aromatic carbocycles. The summed E-state index contributed by atoms with van der Waals surface area (Å²) in [5.41, 5.74) is 19.2. The molecule has 3 rings (SSSR count). The van der Waals surface area contributed by atoms with E-state index in [9.17, 15) is 24.3 Å². The summed E-state index contributed by atoms with van der Waals surface area (Å²) in [6.07, 6.45) is 7.48. The van der Waals surface area contributed by atoms with Gasteiger partial charge in [-0.3, -0.25) is 19.4 Å². The van der Waals surface area contributed by atoms with Crippen molar-refractivity contribution in [1.82, 2.24) is 30.9 Å². The number of rotatable bonds is 18. The number of benzene rings is 1. The number of thioether (sulfide) groups is 1. The van der Waals surface area contributed by atoms with Crippen molar-refractivity contribution in [2.75, 3.05) is 18.6 Å². The Kier molecular flexibility index (Phi) is 13.0. The fraction of sp³-hybridized carbons (Fsp3) is 0.429. The Labute approximate surface area is 258 Å². The van der Waals surface area contributed by atoms with Crippen LogP contribution in [0.1, 0.15) is 30.5 Å². The van der Waals surface area contributed by atoms with Crippen LogP contribution < -0.4 is 33.2 Å². The molecule has 0 radical (unpaired) electrons. The van der Waals surface area contributed by atoms with Gasteiger partial charge in [-0.15, -0.1) is 0 Å². The predicted octanol–water partition coefficient (Wildman–Crippen LogP) is -0.651. The van der Waals surface area contributed by atoms with E-state index in [-0.39, 0.29) is 38.2 Å². The molecule has 4 atom stereocenters. The summed E-state index contributed by atoms with van der Waals surface area (Å²) in [6.45, 7) is 0.189. The minimum Gasteiger partial charge on any atom is -0.480 e. The molecule has 0 saturated heterocycles. The second kappa shape index (κ2) is 16.9. The van der Waals surface area contributed by atoms with Crippen LogP contribution in [-0.2, 0) is 32.0 Å². The number of nitrogens with one attached hydrogen (secondary N) is 5. The minimum atomic E-state index is -1.19. The van der Waals surface area contributed by atoms with Gasteiger partial charge in [0.05, 0.1) is 12.4 Å². The predicted molar refractivity (Wildman–Crippen MR) is 169 cm³/mol. The van der Waals surface area contributed by atoms with E-state index in [1.165, 1.54) is 18.1 Å². The van der Waals surface area contributed by atoms with Gasteiger partial charge in [-0.25, -0.2) is 9.78 Å². The molecule has 3 aromatic rings. The van der Waals surface area contributed by atoms with Crippen LogP contribution in [0.3, 0.4) is 0 Å². The molecule has 3 amide bonds. The number of hydrogen-bond acceptors (Lipinski definition) is 8. The Hall–Kier alpha value is -4.57. The molecule has 44 heavy (non-hydrogen) atoms. The summed E-state index contributed by atoms with van der Waals surface area (Å²) >= 11 is 1.45. The lowest BCUT2D eigenvalue weighted by Gasteiger charge is -2.25. The minimum absolute atomic E-state index is 0.0895. The van der Waals surface area contributed by atoms with E-state index in [2.05, 4.69) is 35.9 Å². The molecule has 238 valence electrons.